The molecule has 1 aromatic carbocycles. The Balaban J connectivity index is 2.56. The van der Waals surface area contributed by atoms with E-state index in [-0.39, 0.29) is 5.97 Å². The van der Waals surface area contributed by atoms with Crippen molar-refractivity contribution in [2.24, 2.45) is 7.05 Å². The number of hydrogen-bond donors (Lipinski definition) is 0. The summed E-state index contributed by atoms with van der Waals surface area (Å²) in [6, 6.07) is 5.71. The van der Waals surface area contributed by atoms with Crippen LogP contribution in [0.15, 0.2) is 30.9 Å². The molecule has 0 aliphatic rings. The molecular formula is C16H19NO3. The van der Waals surface area contributed by atoms with Crippen LogP contribution in [0, 0.1) is 6.92 Å². The van der Waals surface area contributed by atoms with Gasteiger partial charge in [-0.2, -0.15) is 0 Å². The first kappa shape index (κ1) is 14.2. The van der Waals surface area contributed by atoms with Crippen LogP contribution in [0.5, 0.6) is 5.75 Å². The first-order valence-corrected chi connectivity index (χ1v) is 6.60. The Labute approximate surface area is 118 Å². The summed E-state index contributed by atoms with van der Waals surface area (Å²) in [5.74, 6) is 0.421. The first-order valence-electron chi connectivity index (χ1n) is 6.60. The van der Waals surface area contributed by atoms with Gasteiger partial charge in [0.15, 0.2) is 0 Å². The molecule has 0 bridgehead atoms. The Bertz CT molecular complexity index is 655. The molecule has 4 heteroatoms. The second-order valence-electron chi connectivity index (χ2n) is 4.52. The van der Waals surface area contributed by atoms with E-state index in [4.69, 9.17) is 9.47 Å². The normalized spacial score (nSPS) is 10.6. The quantitative estimate of drug-likeness (QED) is 0.620. The molecule has 0 saturated heterocycles. The van der Waals surface area contributed by atoms with Crippen LogP contribution in [-0.2, 0) is 11.8 Å². The number of nitrogens with zero attached hydrogens (tertiary/aromatic N) is 1. The predicted octanol–water partition coefficient (Wildman–Crippen LogP) is 3.23. The van der Waals surface area contributed by atoms with Crippen molar-refractivity contribution in [3.63, 3.8) is 0 Å². The molecule has 0 spiro atoms. The second-order valence-corrected chi connectivity index (χ2v) is 4.52. The van der Waals surface area contributed by atoms with Crippen molar-refractivity contribution in [3.05, 3.63) is 42.1 Å². The number of ether oxygens (including phenoxy) is 2. The van der Waals surface area contributed by atoms with Crippen LogP contribution < -0.4 is 4.74 Å². The van der Waals surface area contributed by atoms with Gasteiger partial charge >= 0.3 is 5.97 Å². The van der Waals surface area contributed by atoms with Gasteiger partial charge in [0.25, 0.3) is 0 Å². The van der Waals surface area contributed by atoms with Gasteiger partial charge in [-0.25, -0.2) is 4.79 Å². The average molecular weight is 273 g/mol. The van der Waals surface area contributed by atoms with Gasteiger partial charge in [-0.1, -0.05) is 12.7 Å². The van der Waals surface area contributed by atoms with Gasteiger partial charge in [0.1, 0.15) is 12.4 Å². The number of hydrogen-bond acceptors (Lipinski definition) is 3. The molecule has 4 nitrogen and oxygen atoms in total. The molecule has 1 aromatic heterocycles. The summed E-state index contributed by atoms with van der Waals surface area (Å²) in [4.78, 5) is 12.1. The molecule has 2 aromatic rings. The van der Waals surface area contributed by atoms with E-state index in [2.05, 4.69) is 6.58 Å². The van der Waals surface area contributed by atoms with Crippen LogP contribution >= 0.6 is 0 Å². The number of aromatic nitrogens is 1. The molecule has 0 N–H and O–H groups in total. The summed E-state index contributed by atoms with van der Waals surface area (Å²) >= 11 is 0. The Kier molecular flexibility index (Phi) is 4.13. The second kappa shape index (κ2) is 5.82. The van der Waals surface area contributed by atoms with Crippen molar-refractivity contribution in [1.29, 1.82) is 0 Å². The molecule has 20 heavy (non-hydrogen) atoms. The molecule has 1 heterocycles. The fraction of sp³-hybridized carbons (Fsp3) is 0.312. The van der Waals surface area contributed by atoms with E-state index in [0.29, 0.717) is 24.5 Å². The highest BCUT2D eigenvalue weighted by atomic mass is 16.5. The van der Waals surface area contributed by atoms with Crippen molar-refractivity contribution < 1.29 is 14.3 Å². The minimum absolute atomic E-state index is 0.295. The van der Waals surface area contributed by atoms with Crippen molar-refractivity contribution in [2.75, 3.05) is 13.2 Å². The smallest absolute Gasteiger partial charge is 0.340 e. The molecule has 106 valence electrons. The number of carbonyl (C=O) groups excluding carboxylic acids is 1. The highest BCUT2D eigenvalue weighted by molar-refractivity contribution is 6.06. The monoisotopic (exact) mass is 273 g/mol. The summed E-state index contributed by atoms with van der Waals surface area (Å²) < 4.78 is 12.7. The van der Waals surface area contributed by atoms with E-state index >= 15 is 0 Å². The molecular weight excluding hydrogens is 254 g/mol. The Morgan fingerprint density at radius 2 is 2.20 bits per heavy atom. The Morgan fingerprint density at radius 1 is 1.45 bits per heavy atom. The molecule has 0 aliphatic heterocycles. The lowest BCUT2D eigenvalue weighted by molar-refractivity contribution is 0.0527. The van der Waals surface area contributed by atoms with Crippen LogP contribution in [0.25, 0.3) is 10.9 Å². The van der Waals surface area contributed by atoms with Gasteiger partial charge in [0.05, 0.1) is 12.2 Å². The van der Waals surface area contributed by atoms with Crippen LogP contribution in [0.2, 0.25) is 0 Å². The summed E-state index contributed by atoms with van der Waals surface area (Å²) in [5, 5.41) is 0.852. The maximum absolute atomic E-state index is 12.1. The lowest BCUT2D eigenvalue weighted by Crippen LogP contribution is -2.06. The molecule has 0 aliphatic carbocycles. The first-order chi connectivity index (χ1) is 9.60. The number of aryl methyl sites for hydroxylation is 1. The molecule has 2 rings (SSSR count). The topological polar surface area (TPSA) is 40.5 Å². The van der Waals surface area contributed by atoms with Gasteiger partial charge in [0.2, 0.25) is 0 Å². The van der Waals surface area contributed by atoms with Crippen LogP contribution in [0.1, 0.15) is 23.0 Å². The van der Waals surface area contributed by atoms with Gasteiger partial charge in [0, 0.05) is 23.6 Å². The van der Waals surface area contributed by atoms with Crippen molar-refractivity contribution in [1.82, 2.24) is 4.57 Å². The zero-order valence-electron chi connectivity index (χ0n) is 12.1. The minimum Gasteiger partial charge on any atom is -0.490 e. The lowest BCUT2D eigenvalue weighted by Gasteiger charge is -2.04. The third kappa shape index (κ3) is 2.41. The molecule has 0 atom stereocenters. The fourth-order valence-electron chi connectivity index (χ4n) is 2.26. The standard InChI is InChI=1S/C16H19NO3/c1-5-9-20-12-7-8-14-13(10-12)15(11(3)17(14)4)16(18)19-6-2/h5,7-8,10H,1,6,9H2,2-4H3. The highest BCUT2D eigenvalue weighted by Gasteiger charge is 2.19. The van der Waals surface area contributed by atoms with Crippen molar-refractivity contribution in [2.45, 2.75) is 13.8 Å². The Morgan fingerprint density at radius 3 is 2.85 bits per heavy atom. The van der Waals surface area contributed by atoms with Gasteiger partial charge in [-0.15, -0.1) is 0 Å². The predicted molar refractivity (Wildman–Crippen MR) is 79.3 cm³/mol. The summed E-state index contributed by atoms with van der Waals surface area (Å²) in [7, 11) is 1.94. The average Bonchev–Trinajstić information content (AvgIpc) is 2.68. The zero-order valence-corrected chi connectivity index (χ0v) is 12.1. The summed E-state index contributed by atoms with van der Waals surface area (Å²) in [6.07, 6.45) is 1.69. The number of fused-ring (bicyclic) bond motifs is 1. The number of benzene rings is 1. The number of esters is 1. The van der Waals surface area contributed by atoms with E-state index < -0.39 is 0 Å². The maximum Gasteiger partial charge on any atom is 0.340 e. The van der Waals surface area contributed by atoms with Crippen LogP contribution in [0.3, 0.4) is 0 Å². The molecule has 0 amide bonds. The molecule has 0 fully saturated rings. The largest absolute Gasteiger partial charge is 0.490 e. The third-order valence-electron chi connectivity index (χ3n) is 3.31. The maximum atomic E-state index is 12.1. The van der Waals surface area contributed by atoms with Crippen molar-refractivity contribution >= 4 is 16.9 Å². The highest BCUT2D eigenvalue weighted by Crippen LogP contribution is 2.29. The van der Waals surface area contributed by atoms with E-state index in [0.717, 1.165) is 16.6 Å². The van der Waals surface area contributed by atoms with E-state index in [1.54, 1.807) is 13.0 Å². The summed E-state index contributed by atoms with van der Waals surface area (Å²) in [5.41, 5.74) is 2.48. The van der Waals surface area contributed by atoms with E-state index in [9.17, 15) is 4.79 Å². The van der Waals surface area contributed by atoms with E-state index in [1.807, 2.05) is 36.7 Å². The van der Waals surface area contributed by atoms with Gasteiger partial charge in [-0.05, 0) is 32.0 Å². The Hall–Kier alpha value is -2.23. The van der Waals surface area contributed by atoms with Gasteiger partial charge in [-0.3, -0.25) is 0 Å². The molecule has 0 saturated carbocycles. The number of rotatable bonds is 5. The van der Waals surface area contributed by atoms with Crippen molar-refractivity contribution in [3.8, 4) is 5.75 Å². The van der Waals surface area contributed by atoms with Crippen LogP contribution in [0.4, 0.5) is 0 Å². The third-order valence-corrected chi connectivity index (χ3v) is 3.31. The van der Waals surface area contributed by atoms with Crippen LogP contribution in [-0.4, -0.2) is 23.8 Å². The van der Waals surface area contributed by atoms with E-state index in [1.165, 1.54) is 0 Å². The SMILES string of the molecule is C=CCOc1ccc2c(c1)c(C(=O)OCC)c(C)n2C. The minimum atomic E-state index is -0.295. The number of carbonyl (C=O) groups is 1. The zero-order chi connectivity index (χ0) is 14.7. The fourth-order valence-corrected chi connectivity index (χ4v) is 2.26. The lowest BCUT2D eigenvalue weighted by atomic mass is 10.1. The summed E-state index contributed by atoms with van der Waals surface area (Å²) in [6.45, 7) is 8.14. The van der Waals surface area contributed by atoms with Gasteiger partial charge < -0.3 is 14.0 Å². The molecule has 0 unspecified atom stereocenters. The molecule has 0 radical (unpaired) electrons.